The number of halogens is 1. The number of rotatable bonds is 4. The third kappa shape index (κ3) is 3.58. The van der Waals surface area contributed by atoms with Gasteiger partial charge < -0.3 is 5.73 Å². The fourth-order valence-corrected chi connectivity index (χ4v) is 3.30. The molecular weight excluding hydrogens is 292 g/mol. The molecule has 1 heterocycles. The second kappa shape index (κ2) is 6.37. The normalized spacial score (nSPS) is 12.3. The highest BCUT2D eigenvalue weighted by Gasteiger charge is 2.10. The molecule has 1 aromatic carbocycles. The van der Waals surface area contributed by atoms with Crippen LogP contribution in [0.3, 0.4) is 0 Å². The van der Waals surface area contributed by atoms with Crippen LogP contribution in [0.2, 0.25) is 5.02 Å². The smallest absolute Gasteiger partial charge is 0.0665 e. The predicted molar refractivity (Wildman–Crippen MR) is 85.1 cm³/mol. The van der Waals surface area contributed by atoms with Crippen LogP contribution in [0.5, 0.6) is 0 Å². The summed E-state index contributed by atoms with van der Waals surface area (Å²) in [6, 6.07) is 7.40. The number of hydrogen-bond acceptors (Lipinski definition) is 3. The highest BCUT2D eigenvalue weighted by Crippen LogP contribution is 2.20. The molecule has 106 valence electrons. The van der Waals surface area contributed by atoms with Gasteiger partial charge >= 0.3 is 0 Å². The summed E-state index contributed by atoms with van der Waals surface area (Å²) in [4.78, 5) is 4.34. The first-order chi connectivity index (χ1) is 9.47. The van der Waals surface area contributed by atoms with Gasteiger partial charge in [0.2, 0.25) is 0 Å². The van der Waals surface area contributed by atoms with E-state index in [4.69, 9.17) is 17.3 Å². The Bertz CT molecular complexity index is 641. The lowest BCUT2D eigenvalue weighted by Gasteiger charge is -2.10. The maximum atomic E-state index is 12.2. The minimum atomic E-state index is -1.01. The summed E-state index contributed by atoms with van der Waals surface area (Å²) in [7, 11) is -1.01. The largest absolute Gasteiger partial charge is 0.398 e. The number of aromatic nitrogens is 1. The third-order valence-corrected chi connectivity index (χ3v) is 4.72. The van der Waals surface area contributed by atoms with Crippen molar-refractivity contribution in [2.45, 2.75) is 25.4 Å². The molecule has 5 heteroatoms. The summed E-state index contributed by atoms with van der Waals surface area (Å²) in [6.07, 6.45) is 1.73. The van der Waals surface area contributed by atoms with Crippen LogP contribution in [0.4, 0.5) is 5.69 Å². The lowest BCUT2D eigenvalue weighted by Crippen LogP contribution is -2.06. The van der Waals surface area contributed by atoms with Gasteiger partial charge in [0.15, 0.2) is 0 Å². The number of pyridine rings is 1. The van der Waals surface area contributed by atoms with E-state index in [0.717, 1.165) is 28.1 Å². The van der Waals surface area contributed by atoms with E-state index in [1.807, 2.05) is 26.0 Å². The second-order valence-corrected chi connectivity index (χ2v) is 6.67. The molecular formula is C15H17ClN2OS. The first-order valence-corrected chi connectivity index (χ1v) is 8.14. The van der Waals surface area contributed by atoms with Crippen LogP contribution in [0.1, 0.15) is 22.4 Å². The molecule has 1 aromatic heterocycles. The van der Waals surface area contributed by atoms with E-state index in [-0.39, 0.29) is 0 Å². The van der Waals surface area contributed by atoms with E-state index in [1.165, 1.54) is 0 Å². The number of nitrogens with zero attached hydrogens (tertiary/aromatic N) is 1. The third-order valence-electron chi connectivity index (χ3n) is 3.21. The van der Waals surface area contributed by atoms with Crippen LogP contribution in [-0.4, -0.2) is 9.19 Å². The van der Waals surface area contributed by atoms with Crippen LogP contribution < -0.4 is 5.73 Å². The number of anilines is 1. The van der Waals surface area contributed by atoms with E-state index >= 15 is 0 Å². The first-order valence-electron chi connectivity index (χ1n) is 6.27. The molecule has 20 heavy (non-hydrogen) atoms. The lowest BCUT2D eigenvalue weighted by atomic mass is 10.1. The summed E-state index contributed by atoms with van der Waals surface area (Å²) >= 11 is 5.83. The van der Waals surface area contributed by atoms with Gasteiger partial charge in [0, 0.05) is 33.5 Å². The van der Waals surface area contributed by atoms with Gasteiger partial charge in [-0.05, 0) is 42.7 Å². The van der Waals surface area contributed by atoms with E-state index in [1.54, 1.807) is 18.3 Å². The molecule has 0 aliphatic rings. The Morgan fingerprint density at radius 3 is 2.50 bits per heavy atom. The average Bonchev–Trinajstić information content (AvgIpc) is 2.42. The number of hydrogen-bond donors (Lipinski definition) is 1. The van der Waals surface area contributed by atoms with Crippen molar-refractivity contribution in [2.24, 2.45) is 0 Å². The maximum absolute atomic E-state index is 12.2. The van der Waals surface area contributed by atoms with E-state index in [0.29, 0.717) is 16.5 Å². The van der Waals surface area contributed by atoms with Crippen LogP contribution >= 0.6 is 11.6 Å². The first kappa shape index (κ1) is 15.0. The zero-order chi connectivity index (χ0) is 14.7. The molecule has 0 aliphatic carbocycles. The van der Waals surface area contributed by atoms with Gasteiger partial charge in [-0.2, -0.15) is 0 Å². The molecule has 0 fully saturated rings. The van der Waals surface area contributed by atoms with Gasteiger partial charge in [0.05, 0.1) is 11.4 Å². The predicted octanol–water partition coefficient (Wildman–Crippen LogP) is 3.38. The highest BCUT2D eigenvalue weighted by molar-refractivity contribution is 7.83. The molecule has 0 spiro atoms. The fraction of sp³-hybridized carbons (Fsp3) is 0.267. The molecule has 0 saturated heterocycles. The quantitative estimate of drug-likeness (QED) is 0.942. The van der Waals surface area contributed by atoms with Gasteiger partial charge in [-0.15, -0.1) is 0 Å². The Morgan fingerprint density at radius 2 is 1.85 bits per heavy atom. The lowest BCUT2D eigenvalue weighted by molar-refractivity contribution is 0.681. The summed E-state index contributed by atoms with van der Waals surface area (Å²) in [5.74, 6) is 0.908. The summed E-state index contributed by atoms with van der Waals surface area (Å²) in [6.45, 7) is 3.84. The van der Waals surface area contributed by atoms with Crippen molar-refractivity contribution >= 4 is 28.1 Å². The molecule has 0 radical (unpaired) electrons. The van der Waals surface area contributed by atoms with Crippen LogP contribution in [0.25, 0.3) is 0 Å². The zero-order valence-corrected chi connectivity index (χ0v) is 13.1. The molecule has 2 rings (SSSR count). The summed E-state index contributed by atoms with van der Waals surface area (Å²) < 4.78 is 12.2. The van der Waals surface area contributed by atoms with E-state index in [9.17, 15) is 4.21 Å². The molecule has 1 unspecified atom stereocenters. The van der Waals surface area contributed by atoms with Gasteiger partial charge in [0.1, 0.15) is 0 Å². The number of benzene rings is 1. The van der Waals surface area contributed by atoms with Crippen molar-refractivity contribution < 1.29 is 4.21 Å². The number of nitrogens with two attached hydrogens (primary N) is 1. The van der Waals surface area contributed by atoms with Crippen molar-refractivity contribution in [1.82, 2.24) is 4.98 Å². The second-order valence-electron chi connectivity index (χ2n) is 4.78. The van der Waals surface area contributed by atoms with Gasteiger partial charge in [-0.25, -0.2) is 0 Å². The van der Waals surface area contributed by atoms with Crippen molar-refractivity contribution in [3.63, 3.8) is 0 Å². The topological polar surface area (TPSA) is 56.0 Å². The number of nitrogen functional groups attached to an aromatic ring is 1. The zero-order valence-electron chi connectivity index (χ0n) is 11.5. The Balaban J connectivity index is 2.08. The van der Waals surface area contributed by atoms with Crippen molar-refractivity contribution in [3.8, 4) is 0 Å². The van der Waals surface area contributed by atoms with E-state index < -0.39 is 10.8 Å². The van der Waals surface area contributed by atoms with Crippen molar-refractivity contribution in [3.05, 3.63) is 57.9 Å². The molecule has 0 aliphatic heterocycles. The molecule has 0 saturated carbocycles. The van der Waals surface area contributed by atoms with Crippen LogP contribution in [0.15, 0.2) is 30.5 Å². The van der Waals surface area contributed by atoms with E-state index in [2.05, 4.69) is 4.98 Å². The molecule has 1 atom stereocenters. The fourth-order valence-electron chi connectivity index (χ4n) is 1.91. The standard InChI is InChI=1S/C15H17ClN2OS/c1-10-7-18-14(11(2)15(10)17)9-20(19)8-12-3-5-13(16)6-4-12/h3-7H,8-9H2,1-2H3,(H2,17,18). The Morgan fingerprint density at radius 1 is 1.20 bits per heavy atom. The molecule has 3 nitrogen and oxygen atoms in total. The number of aryl methyl sites for hydroxylation is 1. The summed E-state index contributed by atoms with van der Waals surface area (Å²) in [5.41, 5.74) is 10.4. The Hall–Kier alpha value is -1.39. The minimum Gasteiger partial charge on any atom is -0.398 e. The van der Waals surface area contributed by atoms with Gasteiger partial charge in [0.25, 0.3) is 0 Å². The summed E-state index contributed by atoms with van der Waals surface area (Å²) in [5, 5.41) is 0.684. The molecule has 2 aromatic rings. The SMILES string of the molecule is Cc1cnc(CS(=O)Cc2ccc(Cl)cc2)c(C)c1N. The average molecular weight is 309 g/mol. The van der Waals surface area contributed by atoms with Crippen molar-refractivity contribution in [1.29, 1.82) is 0 Å². The monoisotopic (exact) mass is 308 g/mol. The molecule has 2 N–H and O–H groups in total. The molecule has 0 amide bonds. The maximum Gasteiger partial charge on any atom is 0.0665 e. The Kier molecular flexibility index (Phi) is 4.78. The molecule has 0 bridgehead atoms. The van der Waals surface area contributed by atoms with Crippen LogP contribution in [0, 0.1) is 13.8 Å². The Labute approximate surface area is 126 Å². The van der Waals surface area contributed by atoms with Gasteiger partial charge in [-0.3, -0.25) is 9.19 Å². The highest BCUT2D eigenvalue weighted by atomic mass is 35.5. The van der Waals surface area contributed by atoms with Crippen LogP contribution in [-0.2, 0) is 22.3 Å². The minimum absolute atomic E-state index is 0.416. The van der Waals surface area contributed by atoms with Crippen molar-refractivity contribution in [2.75, 3.05) is 5.73 Å². The van der Waals surface area contributed by atoms with Gasteiger partial charge in [-0.1, -0.05) is 23.7 Å².